The highest BCUT2D eigenvalue weighted by Crippen LogP contribution is 2.38. The molecule has 4 N–H and O–H groups in total. The summed E-state index contributed by atoms with van der Waals surface area (Å²) in [7, 11) is 1.42. The molecule has 20 heteroatoms. The van der Waals surface area contributed by atoms with E-state index in [1.54, 1.807) is 48.5 Å². The summed E-state index contributed by atoms with van der Waals surface area (Å²) < 4.78 is 44.2. The monoisotopic (exact) mass is 942 g/mol. The Balaban J connectivity index is 1.19. The third-order valence-corrected chi connectivity index (χ3v) is 10.6. The molecule has 4 amide bonds. The first kappa shape index (κ1) is 50.4. The van der Waals surface area contributed by atoms with Gasteiger partial charge in [0.05, 0.1) is 25.8 Å². The van der Waals surface area contributed by atoms with Crippen molar-refractivity contribution in [2.75, 3.05) is 32.1 Å². The van der Waals surface area contributed by atoms with Crippen molar-refractivity contribution in [1.29, 1.82) is 5.41 Å². The van der Waals surface area contributed by atoms with Crippen LogP contribution in [-0.2, 0) is 33.2 Å². The fourth-order valence-electron chi connectivity index (χ4n) is 7.38. The molecule has 1 aromatic heterocycles. The molecule has 1 saturated carbocycles. The highest BCUT2D eigenvalue weighted by molar-refractivity contribution is 6.11. The van der Waals surface area contributed by atoms with Gasteiger partial charge in [0, 0.05) is 47.0 Å². The van der Waals surface area contributed by atoms with Crippen LogP contribution in [0.1, 0.15) is 111 Å². The van der Waals surface area contributed by atoms with E-state index in [1.165, 1.54) is 73.5 Å². The maximum atomic E-state index is 14.2. The van der Waals surface area contributed by atoms with Crippen molar-refractivity contribution in [3.05, 3.63) is 83.2 Å². The van der Waals surface area contributed by atoms with Gasteiger partial charge in [-0.1, -0.05) is 12.7 Å². The molecule has 0 radical (unpaired) electrons. The number of benzene rings is 2. The van der Waals surface area contributed by atoms with E-state index in [4.69, 9.17) is 43.3 Å². The van der Waals surface area contributed by atoms with Gasteiger partial charge >= 0.3 is 24.3 Å². The Bertz CT molecular complexity index is 2440. The van der Waals surface area contributed by atoms with Crippen LogP contribution in [0.25, 0.3) is 17.2 Å². The smallest absolute Gasteiger partial charge is 0.496 e. The zero-order chi connectivity index (χ0) is 49.7. The lowest BCUT2D eigenvalue weighted by atomic mass is 9.94. The van der Waals surface area contributed by atoms with Crippen LogP contribution >= 0.6 is 0 Å². The average Bonchev–Trinajstić information content (AvgIpc) is 3.97. The van der Waals surface area contributed by atoms with Crippen LogP contribution in [0.15, 0.2) is 55.1 Å². The quantitative estimate of drug-likeness (QED) is 0.0392. The number of alkyl carbamates (subject to hydrolysis) is 1. The summed E-state index contributed by atoms with van der Waals surface area (Å²) in [6.07, 6.45) is -2.18. The Morgan fingerprint density at radius 1 is 0.956 bits per heavy atom. The largest absolute Gasteiger partial charge is 0.511 e. The SMILES string of the molecule is C=Cc1cc(C(=O)Nc2ccc(C(=N)NC(=O)OCC3C4OC(C)(C)OC4CN3C(=O)OC(C)(C)C)cc2)c(-c2ccc(C(=O)NCC3CC3)nc2C(=O)OC(C)OC(=O)OC(C)C)cc1OC. The van der Waals surface area contributed by atoms with Crippen LogP contribution in [-0.4, -0.2) is 121 Å². The number of hydrogen-bond acceptors (Lipinski definition) is 16. The number of nitrogens with one attached hydrogen (secondary N) is 4. The Morgan fingerprint density at radius 3 is 2.29 bits per heavy atom. The lowest BCUT2D eigenvalue weighted by molar-refractivity contribution is -0.162. The number of anilines is 1. The predicted molar refractivity (Wildman–Crippen MR) is 245 cm³/mol. The molecule has 3 aliphatic rings. The molecule has 2 saturated heterocycles. The van der Waals surface area contributed by atoms with Crippen LogP contribution in [0.2, 0.25) is 0 Å². The van der Waals surface area contributed by atoms with Gasteiger partial charge in [0.2, 0.25) is 6.29 Å². The van der Waals surface area contributed by atoms with Crippen molar-refractivity contribution >= 4 is 53.7 Å². The van der Waals surface area contributed by atoms with Crippen LogP contribution in [0.4, 0.5) is 20.1 Å². The first-order valence-corrected chi connectivity index (χ1v) is 22.1. The van der Waals surface area contributed by atoms with E-state index in [0.29, 0.717) is 18.0 Å². The maximum absolute atomic E-state index is 14.2. The number of fused-ring (bicyclic) bond motifs is 1. The summed E-state index contributed by atoms with van der Waals surface area (Å²) in [5.41, 5.74) is -0.00260. The predicted octanol–water partition coefficient (Wildman–Crippen LogP) is 7.05. The third-order valence-electron chi connectivity index (χ3n) is 10.6. The number of methoxy groups -OCH3 is 1. The fourth-order valence-corrected chi connectivity index (χ4v) is 7.38. The molecule has 4 unspecified atom stereocenters. The minimum absolute atomic E-state index is 0.0328. The van der Waals surface area contributed by atoms with Crippen molar-refractivity contribution in [2.45, 2.75) is 110 Å². The Hall–Kier alpha value is -7.06. The van der Waals surface area contributed by atoms with E-state index in [-0.39, 0.29) is 64.1 Å². The zero-order valence-corrected chi connectivity index (χ0v) is 39.5. The molecule has 4 atom stereocenters. The van der Waals surface area contributed by atoms with Gasteiger partial charge in [-0.15, -0.1) is 0 Å². The lowest BCUT2D eigenvalue weighted by Crippen LogP contribution is -2.47. The van der Waals surface area contributed by atoms with Crippen LogP contribution < -0.4 is 20.7 Å². The lowest BCUT2D eigenvalue weighted by Gasteiger charge is -2.31. The highest BCUT2D eigenvalue weighted by Gasteiger charge is 2.55. The van der Waals surface area contributed by atoms with E-state index < -0.39 is 78.2 Å². The van der Waals surface area contributed by atoms with Crippen molar-refractivity contribution in [2.24, 2.45) is 5.92 Å². The van der Waals surface area contributed by atoms with Crippen LogP contribution in [0.5, 0.6) is 5.75 Å². The van der Waals surface area contributed by atoms with Gasteiger partial charge in [-0.05, 0) is 116 Å². The Labute approximate surface area is 393 Å². The number of aromatic nitrogens is 1. The number of carbonyl (C=O) groups is 6. The van der Waals surface area contributed by atoms with Gasteiger partial charge in [0.1, 0.15) is 41.7 Å². The number of pyridine rings is 1. The summed E-state index contributed by atoms with van der Waals surface area (Å²) in [5, 5.41) is 16.6. The summed E-state index contributed by atoms with van der Waals surface area (Å²) in [6.45, 7) is 17.5. The van der Waals surface area contributed by atoms with E-state index in [9.17, 15) is 28.8 Å². The second-order valence-electron chi connectivity index (χ2n) is 18.1. The van der Waals surface area contributed by atoms with Gasteiger partial charge in [-0.25, -0.2) is 24.2 Å². The first-order chi connectivity index (χ1) is 32.0. The third kappa shape index (κ3) is 12.9. The second-order valence-corrected chi connectivity index (χ2v) is 18.1. The molecule has 20 nitrogen and oxygen atoms in total. The van der Waals surface area contributed by atoms with Gasteiger partial charge < -0.3 is 48.5 Å². The number of nitrogens with zero attached hydrogens (tertiary/aromatic N) is 2. The zero-order valence-electron chi connectivity index (χ0n) is 39.5. The van der Waals surface area contributed by atoms with Gasteiger partial charge in [0.25, 0.3) is 11.8 Å². The van der Waals surface area contributed by atoms with E-state index in [2.05, 4.69) is 27.5 Å². The van der Waals surface area contributed by atoms with Crippen molar-refractivity contribution in [1.82, 2.24) is 20.5 Å². The summed E-state index contributed by atoms with van der Waals surface area (Å²) in [4.78, 5) is 85.3. The molecular formula is C48H58N6O14. The molecule has 2 aliphatic heterocycles. The summed E-state index contributed by atoms with van der Waals surface area (Å²) in [5.74, 6) is -2.83. The highest BCUT2D eigenvalue weighted by atomic mass is 16.8. The van der Waals surface area contributed by atoms with E-state index >= 15 is 0 Å². The van der Waals surface area contributed by atoms with Crippen LogP contribution in [0.3, 0.4) is 0 Å². The number of rotatable bonds is 15. The maximum Gasteiger partial charge on any atom is 0.511 e. The standard InChI is InChI=1S/C48H58N6O14/c1-11-28-20-33(32(21-36(28)61-10)31-18-19-34(42(56)50-22-27-12-13-27)52-38(31)43(57)64-26(4)65-46(60)63-25(2)3)41(55)51-30-16-14-29(15-17-30)40(49)53-44(58)62-24-35-39-37(66-48(8,9)67-39)23-54(35)45(59)68-47(5,6)7/h11,14-21,25-27,35,37,39H,1,12-13,22-24H2,2-10H3,(H,50,56)(H,51,55)(H2,49,53,58). The number of ether oxygens (including phenoxy) is 8. The molecule has 1 aliphatic carbocycles. The fraction of sp³-hybridized carbons (Fsp3) is 0.458. The minimum atomic E-state index is -1.44. The molecular weight excluding hydrogens is 885 g/mol. The van der Waals surface area contributed by atoms with Gasteiger partial charge in [-0.3, -0.25) is 25.2 Å². The van der Waals surface area contributed by atoms with E-state index in [0.717, 1.165) is 12.8 Å². The van der Waals surface area contributed by atoms with E-state index in [1.807, 2.05) is 0 Å². The molecule has 68 heavy (non-hydrogen) atoms. The number of carbonyl (C=O) groups excluding carboxylic acids is 6. The van der Waals surface area contributed by atoms with Crippen molar-refractivity contribution < 1.29 is 66.7 Å². The minimum Gasteiger partial charge on any atom is -0.496 e. The molecule has 3 heterocycles. The molecule has 3 aromatic rings. The Kier molecular flexibility index (Phi) is 15.4. The van der Waals surface area contributed by atoms with Crippen molar-refractivity contribution in [3.63, 3.8) is 0 Å². The summed E-state index contributed by atoms with van der Waals surface area (Å²) in [6, 6.07) is 11.1. The Morgan fingerprint density at radius 2 is 1.66 bits per heavy atom. The number of hydrogen-bond donors (Lipinski definition) is 4. The van der Waals surface area contributed by atoms with Gasteiger partial charge in [0.15, 0.2) is 11.5 Å². The summed E-state index contributed by atoms with van der Waals surface area (Å²) >= 11 is 0. The molecule has 2 aromatic carbocycles. The van der Waals surface area contributed by atoms with Gasteiger partial charge in [-0.2, -0.15) is 0 Å². The normalized spacial score (nSPS) is 18.6. The number of esters is 1. The molecule has 3 fully saturated rings. The number of likely N-dealkylation sites (tertiary alicyclic amines) is 1. The molecule has 6 rings (SSSR count). The number of amides is 4. The molecule has 364 valence electrons. The topological polar surface area (TPSA) is 252 Å². The second kappa shape index (κ2) is 20.8. The average molecular weight is 943 g/mol. The van der Waals surface area contributed by atoms with Crippen LogP contribution in [0, 0.1) is 11.3 Å². The van der Waals surface area contributed by atoms with Crippen molar-refractivity contribution in [3.8, 4) is 16.9 Å². The molecule has 0 spiro atoms. The molecule has 0 bridgehead atoms. The first-order valence-electron chi connectivity index (χ1n) is 22.1. The number of amidine groups is 1.